The normalized spacial score (nSPS) is 10.9. The van der Waals surface area contributed by atoms with Crippen molar-refractivity contribution in [2.75, 3.05) is 20.0 Å². The van der Waals surface area contributed by atoms with Gasteiger partial charge in [-0.2, -0.15) is 0 Å². The van der Waals surface area contributed by atoms with Crippen molar-refractivity contribution >= 4 is 21.6 Å². The summed E-state index contributed by atoms with van der Waals surface area (Å²) in [6.07, 6.45) is 1.05. The van der Waals surface area contributed by atoms with E-state index >= 15 is 0 Å². The van der Waals surface area contributed by atoms with Crippen LogP contribution in [0.2, 0.25) is 0 Å². The first-order valence-corrected chi connectivity index (χ1v) is 8.85. The van der Waals surface area contributed by atoms with Gasteiger partial charge in [-0.15, -0.1) is 0 Å². The average Bonchev–Trinajstić information content (AvgIpc) is 2.58. The molecular formula is C17H16O6S. The maximum Gasteiger partial charge on any atom is 0.338 e. The number of benzene rings is 2. The van der Waals surface area contributed by atoms with Crippen molar-refractivity contribution in [3.63, 3.8) is 0 Å². The Morgan fingerprint density at radius 3 is 2.25 bits per heavy atom. The zero-order valence-electron chi connectivity index (χ0n) is 13.2. The summed E-state index contributed by atoms with van der Waals surface area (Å²) in [5.74, 6) is -0.520. The number of hydrogen-bond acceptors (Lipinski definition) is 6. The quantitative estimate of drug-likeness (QED) is 0.587. The van der Waals surface area contributed by atoms with Gasteiger partial charge >= 0.3 is 5.97 Å². The van der Waals surface area contributed by atoms with E-state index in [1.807, 2.05) is 0 Å². The molecule has 0 spiro atoms. The lowest BCUT2D eigenvalue weighted by Crippen LogP contribution is -2.14. The Kier molecular flexibility index (Phi) is 5.35. The lowest BCUT2D eigenvalue weighted by Gasteiger charge is -2.06. The molecule has 126 valence electrons. The number of hydrogen-bond donors (Lipinski definition) is 0. The second-order valence-electron chi connectivity index (χ2n) is 5.03. The Morgan fingerprint density at radius 2 is 1.67 bits per heavy atom. The number of carbonyl (C=O) groups excluding carboxylic acids is 2. The summed E-state index contributed by atoms with van der Waals surface area (Å²) in [7, 11) is -1.91. The summed E-state index contributed by atoms with van der Waals surface area (Å²) in [4.78, 5) is 24.0. The van der Waals surface area contributed by atoms with E-state index in [0.29, 0.717) is 11.3 Å². The van der Waals surface area contributed by atoms with E-state index in [1.165, 1.54) is 31.4 Å². The van der Waals surface area contributed by atoms with E-state index in [4.69, 9.17) is 9.47 Å². The van der Waals surface area contributed by atoms with E-state index < -0.39 is 22.4 Å². The molecule has 2 aromatic carbocycles. The van der Waals surface area contributed by atoms with E-state index in [2.05, 4.69) is 0 Å². The minimum Gasteiger partial charge on any atom is -0.497 e. The number of methoxy groups -OCH3 is 1. The third-order valence-corrected chi connectivity index (χ3v) is 4.35. The molecule has 0 aromatic heterocycles. The van der Waals surface area contributed by atoms with Crippen molar-refractivity contribution in [2.45, 2.75) is 4.90 Å². The van der Waals surface area contributed by atoms with Gasteiger partial charge in [-0.25, -0.2) is 13.2 Å². The molecule has 0 aliphatic rings. The van der Waals surface area contributed by atoms with Gasteiger partial charge in [0.05, 0.1) is 17.6 Å². The number of Topliss-reactive ketones (excluding diaryl/α,β-unsaturated/α-hetero) is 1. The highest BCUT2D eigenvalue weighted by Crippen LogP contribution is 2.14. The fraction of sp³-hybridized carbons (Fsp3) is 0.176. The van der Waals surface area contributed by atoms with Crippen LogP contribution in [0.3, 0.4) is 0 Å². The number of ether oxygens (including phenoxy) is 2. The van der Waals surface area contributed by atoms with Gasteiger partial charge in [-0.1, -0.05) is 6.07 Å². The molecule has 7 heteroatoms. The smallest absolute Gasteiger partial charge is 0.338 e. The van der Waals surface area contributed by atoms with Gasteiger partial charge < -0.3 is 9.47 Å². The predicted molar refractivity (Wildman–Crippen MR) is 87.2 cm³/mol. The molecule has 0 fully saturated rings. The number of rotatable bonds is 6. The largest absolute Gasteiger partial charge is 0.497 e. The van der Waals surface area contributed by atoms with Crippen LogP contribution in [0.25, 0.3) is 0 Å². The molecule has 0 heterocycles. The standard InChI is InChI=1S/C17H16O6S/c1-22-14-8-6-12(7-9-14)16(18)11-23-17(19)13-4-3-5-15(10-13)24(2,20)21/h3-10H,11H2,1-2H3. The van der Waals surface area contributed by atoms with Crippen LogP contribution in [0.5, 0.6) is 5.75 Å². The molecule has 0 bridgehead atoms. The summed E-state index contributed by atoms with van der Waals surface area (Å²) in [6.45, 7) is -0.436. The molecule has 0 atom stereocenters. The van der Waals surface area contributed by atoms with E-state index in [0.717, 1.165) is 6.26 Å². The highest BCUT2D eigenvalue weighted by Gasteiger charge is 2.14. The lowest BCUT2D eigenvalue weighted by atomic mass is 10.1. The van der Waals surface area contributed by atoms with Crippen LogP contribution < -0.4 is 4.74 Å². The van der Waals surface area contributed by atoms with Crippen LogP contribution in [0.15, 0.2) is 53.4 Å². The van der Waals surface area contributed by atoms with Gasteiger partial charge in [-0.3, -0.25) is 4.79 Å². The summed E-state index contributed by atoms with van der Waals surface area (Å²) in [5.41, 5.74) is 0.453. The van der Waals surface area contributed by atoms with Crippen LogP contribution in [0, 0.1) is 0 Å². The average molecular weight is 348 g/mol. The molecule has 0 aliphatic carbocycles. The van der Waals surface area contributed by atoms with Gasteiger partial charge in [0, 0.05) is 11.8 Å². The van der Waals surface area contributed by atoms with Crippen molar-refractivity contribution < 1.29 is 27.5 Å². The van der Waals surface area contributed by atoms with Crippen LogP contribution in [0.4, 0.5) is 0 Å². The highest BCUT2D eigenvalue weighted by molar-refractivity contribution is 7.90. The van der Waals surface area contributed by atoms with Gasteiger partial charge in [0.2, 0.25) is 0 Å². The molecule has 24 heavy (non-hydrogen) atoms. The third kappa shape index (κ3) is 4.42. The Hall–Kier alpha value is -2.67. The van der Waals surface area contributed by atoms with Crippen molar-refractivity contribution in [1.29, 1.82) is 0 Å². The topological polar surface area (TPSA) is 86.7 Å². The second-order valence-corrected chi connectivity index (χ2v) is 7.04. The SMILES string of the molecule is COc1ccc(C(=O)COC(=O)c2cccc(S(C)(=O)=O)c2)cc1. The molecule has 0 aliphatic heterocycles. The van der Waals surface area contributed by atoms with Gasteiger partial charge in [0.15, 0.2) is 22.2 Å². The third-order valence-electron chi connectivity index (χ3n) is 3.24. The molecule has 2 aromatic rings. The zero-order valence-corrected chi connectivity index (χ0v) is 14.0. The van der Waals surface area contributed by atoms with Crippen molar-refractivity contribution in [2.24, 2.45) is 0 Å². The molecule has 2 rings (SSSR count). The van der Waals surface area contributed by atoms with E-state index in [9.17, 15) is 18.0 Å². The molecule has 6 nitrogen and oxygen atoms in total. The predicted octanol–water partition coefficient (Wildman–Crippen LogP) is 2.14. The zero-order chi connectivity index (χ0) is 17.7. The second kappa shape index (κ2) is 7.27. The van der Waals surface area contributed by atoms with Gasteiger partial charge in [-0.05, 0) is 42.5 Å². The highest BCUT2D eigenvalue weighted by atomic mass is 32.2. The molecule has 0 radical (unpaired) electrons. The molecule has 0 saturated carbocycles. The number of ketones is 1. The summed E-state index contributed by atoms with van der Waals surface area (Å²) in [5, 5.41) is 0. The van der Waals surface area contributed by atoms with E-state index in [-0.39, 0.29) is 16.2 Å². The maximum atomic E-state index is 12.0. The Bertz CT molecular complexity index is 853. The monoisotopic (exact) mass is 348 g/mol. The fourth-order valence-corrected chi connectivity index (χ4v) is 2.60. The first-order chi connectivity index (χ1) is 11.3. The van der Waals surface area contributed by atoms with Crippen molar-refractivity contribution in [1.82, 2.24) is 0 Å². The Labute approximate surface area is 139 Å². The maximum absolute atomic E-state index is 12.0. The summed E-state index contributed by atoms with van der Waals surface area (Å²) < 4.78 is 32.9. The fourth-order valence-electron chi connectivity index (χ4n) is 1.93. The first kappa shape index (κ1) is 17.7. The minimum absolute atomic E-state index is 0.0124. The van der Waals surface area contributed by atoms with E-state index in [1.54, 1.807) is 24.3 Å². The summed E-state index contributed by atoms with van der Waals surface area (Å²) >= 11 is 0. The molecule has 0 N–H and O–H groups in total. The van der Waals surface area contributed by atoms with Crippen LogP contribution >= 0.6 is 0 Å². The van der Waals surface area contributed by atoms with Crippen molar-refractivity contribution in [3.05, 3.63) is 59.7 Å². The first-order valence-electron chi connectivity index (χ1n) is 6.96. The number of esters is 1. The Morgan fingerprint density at radius 1 is 1.00 bits per heavy atom. The molecule has 0 unspecified atom stereocenters. The lowest BCUT2D eigenvalue weighted by molar-refractivity contribution is 0.0474. The molecular weight excluding hydrogens is 332 g/mol. The minimum atomic E-state index is -3.43. The summed E-state index contributed by atoms with van der Waals surface area (Å²) in [6, 6.07) is 11.9. The molecule has 0 amide bonds. The molecule has 0 saturated heterocycles. The number of sulfone groups is 1. The Balaban J connectivity index is 2.03. The van der Waals surface area contributed by atoms with Gasteiger partial charge in [0.1, 0.15) is 5.75 Å². The van der Waals surface area contributed by atoms with Crippen LogP contribution in [-0.2, 0) is 14.6 Å². The van der Waals surface area contributed by atoms with Crippen LogP contribution in [0.1, 0.15) is 20.7 Å². The number of carbonyl (C=O) groups is 2. The van der Waals surface area contributed by atoms with Crippen LogP contribution in [-0.4, -0.2) is 40.1 Å². The van der Waals surface area contributed by atoms with Crippen molar-refractivity contribution in [3.8, 4) is 5.75 Å². The van der Waals surface area contributed by atoms with Gasteiger partial charge in [0.25, 0.3) is 0 Å².